The SMILES string of the molecule is COc1cccc(C=Nn2cnnc2)c1. The largest absolute Gasteiger partial charge is 0.497 e. The lowest BCUT2D eigenvalue weighted by Gasteiger charge is -1.99. The van der Waals surface area contributed by atoms with E-state index in [1.807, 2.05) is 24.3 Å². The van der Waals surface area contributed by atoms with Gasteiger partial charge in [0.15, 0.2) is 0 Å². The predicted octanol–water partition coefficient (Wildman–Crippen LogP) is 1.17. The number of nitrogens with zero attached hydrogens (tertiary/aromatic N) is 4. The van der Waals surface area contributed by atoms with E-state index in [0.29, 0.717) is 0 Å². The zero-order valence-electron chi connectivity index (χ0n) is 8.24. The Morgan fingerprint density at radius 1 is 1.33 bits per heavy atom. The van der Waals surface area contributed by atoms with E-state index in [2.05, 4.69) is 15.3 Å². The standard InChI is InChI=1S/C10H10N4O/c1-15-10-4-2-3-9(5-10)6-13-14-7-11-12-8-14/h2-8H,1H3. The molecule has 0 fully saturated rings. The minimum absolute atomic E-state index is 0.808. The first-order chi connectivity index (χ1) is 7.38. The number of aromatic nitrogens is 3. The average Bonchev–Trinajstić information content (AvgIpc) is 2.79. The first-order valence-electron chi connectivity index (χ1n) is 4.41. The van der Waals surface area contributed by atoms with Gasteiger partial charge in [-0.25, -0.2) is 4.68 Å². The lowest BCUT2D eigenvalue weighted by Crippen LogP contribution is -1.88. The van der Waals surface area contributed by atoms with Gasteiger partial charge in [-0.15, -0.1) is 10.2 Å². The minimum atomic E-state index is 0.808. The highest BCUT2D eigenvalue weighted by Crippen LogP contribution is 2.10. The van der Waals surface area contributed by atoms with Crippen LogP contribution in [-0.2, 0) is 0 Å². The Labute approximate surface area is 87.0 Å². The summed E-state index contributed by atoms with van der Waals surface area (Å²) >= 11 is 0. The monoisotopic (exact) mass is 202 g/mol. The van der Waals surface area contributed by atoms with E-state index in [0.717, 1.165) is 11.3 Å². The average molecular weight is 202 g/mol. The Morgan fingerprint density at radius 3 is 2.87 bits per heavy atom. The lowest BCUT2D eigenvalue weighted by molar-refractivity contribution is 0.415. The Hall–Kier alpha value is -2.17. The van der Waals surface area contributed by atoms with E-state index in [9.17, 15) is 0 Å². The van der Waals surface area contributed by atoms with Gasteiger partial charge in [0.25, 0.3) is 0 Å². The van der Waals surface area contributed by atoms with Crippen LogP contribution in [0.25, 0.3) is 0 Å². The molecule has 0 atom stereocenters. The number of hydrogen-bond donors (Lipinski definition) is 0. The fourth-order valence-electron chi connectivity index (χ4n) is 1.11. The molecule has 0 aliphatic carbocycles. The van der Waals surface area contributed by atoms with E-state index in [4.69, 9.17) is 4.74 Å². The fraction of sp³-hybridized carbons (Fsp3) is 0.100. The van der Waals surface area contributed by atoms with Crippen LogP contribution in [0.5, 0.6) is 5.75 Å². The highest BCUT2D eigenvalue weighted by Gasteiger charge is 1.92. The zero-order chi connectivity index (χ0) is 10.5. The van der Waals surface area contributed by atoms with Crippen LogP contribution >= 0.6 is 0 Å². The maximum absolute atomic E-state index is 5.10. The normalized spacial score (nSPS) is 10.7. The van der Waals surface area contributed by atoms with Crippen molar-refractivity contribution >= 4 is 6.21 Å². The van der Waals surface area contributed by atoms with E-state index < -0.39 is 0 Å². The number of methoxy groups -OCH3 is 1. The zero-order valence-corrected chi connectivity index (χ0v) is 8.24. The number of hydrogen-bond acceptors (Lipinski definition) is 4. The first kappa shape index (κ1) is 9.39. The van der Waals surface area contributed by atoms with Crippen molar-refractivity contribution in [1.82, 2.24) is 14.9 Å². The molecular formula is C10H10N4O. The maximum atomic E-state index is 5.10. The molecule has 0 amide bonds. The molecule has 76 valence electrons. The van der Waals surface area contributed by atoms with Crippen LogP contribution in [0.3, 0.4) is 0 Å². The van der Waals surface area contributed by atoms with E-state index in [1.54, 1.807) is 13.3 Å². The molecule has 0 unspecified atom stereocenters. The van der Waals surface area contributed by atoms with Crippen molar-refractivity contribution < 1.29 is 4.74 Å². The Kier molecular flexibility index (Phi) is 2.73. The lowest BCUT2D eigenvalue weighted by atomic mass is 10.2. The van der Waals surface area contributed by atoms with Crippen LogP contribution in [0.15, 0.2) is 42.0 Å². The first-order valence-corrected chi connectivity index (χ1v) is 4.41. The summed E-state index contributed by atoms with van der Waals surface area (Å²) < 4.78 is 6.63. The Morgan fingerprint density at radius 2 is 2.13 bits per heavy atom. The number of ether oxygens (including phenoxy) is 1. The quantitative estimate of drug-likeness (QED) is 0.702. The summed E-state index contributed by atoms with van der Waals surface area (Å²) in [6.45, 7) is 0. The van der Waals surface area contributed by atoms with Gasteiger partial charge >= 0.3 is 0 Å². The molecule has 0 saturated heterocycles. The second kappa shape index (κ2) is 4.36. The molecule has 0 aliphatic heterocycles. The van der Waals surface area contributed by atoms with E-state index in [-0.39, 0.29) is 0 Å². The summed E-state index contributed by atoms with van der Waals surface area (Å²) in [7, 11) is 1.63. The second-order valence-corrected chi connectivity index (χ2v) is 2.86. The molecule has 5 nitrogen and oxygen atoms in total. The van der Waals surface area contributed by atoms with Crippen molar-refractivity contribution in [3.8, 4) is 5.75 Å². The van der Waals surface area contributed by atoms with Crippen molar-refractivity contribution in [2.45, 2.75) is 0 Å². The molecule has 1 aromatic carbocycles. The van der Waals surface area contributed by atoms with Gasteiger partial charge < -0.3 is 4.74 Å². The van der Waals surface area contributed by atoms with Crippen LogP contribution in [0.4, 0.5) is 0 Å². The molecule has 1 heterocycles. The molecule has 15 heavy (non-hydrogen) atoms. The number of benzene rings is 1. The molecule has 2 aromatic rings. The Bertz CT molecular complexity index is 450. The highest BCUT2D eigenvalue weighted by atomic mass is 16.5. The van der Waals surface area contributed by atoms with Crippen molar-refractivity contribution in [2.24, 2.45) is 5.10 Å². The topological polar surface area (TPSA) is 52.3 Å². The van der Waals surface area contributed by atoms with Gasteiger partial charge in [-0.05, 0) is 17.7 Å². The fourth-order valence-corrected chi connectivity index (χ4v) is 1.11. The van der Waals surface area contributed by atoms with Gasteiger partial charge in [-0.3, -0.25) is 0 Å². The van der Waals surface area contributed by atoms with E-state index >= 15 is 0 Å². The van der Waals surface area contributed by atoms with Gasteiger partial charge in [0, 0.05) is 0 Å². The summed E-state index contributed by atoms with van der Waals surface area (Å²) in [5.41, 5.74) is 0.961. The van der Waals surface area contributed by atoms with E-state index in [1.165, 1.54) is 17.3 Å². The van der Waals surface area contributed by atoms with Gasteiger partial charge in [0.05, 0.1) is 13.3 Å². The van der Waals surface area contributed by atoms with Crippen LogP contribution in [-0.4, -0.2) is 28.2 Å². The van der Waals surface area contributed by atoms with Crippen molar-refractivity contribution in [1.29, 1.82) is 0 Å². The summed E-state index contributed by atoms with van der Waals surface area (Å²) in [6.07, 6.45) is 4.76. The number of rotatable bonds is 3. The Balaban J connectivity index is 2.17. The van der Waals surface area contributed by atoms with Gasteiger partial charge in [-0.1, -0.05) is 12.1 Å². The summed E-state index contributed by atoms with van der Waals surface area (Å²) in [4.78, 5) is 0. The third-order valence-corrected chi connectivity index (χ3v) is 1.84. The summed E-state index contributed by atoms with van der Waals surface area (Å²) in [6, 6.07) is 7.63. The molecule has 0 aliphatic rings. The van der Waals surface area contributed by atoms with Crippen molar-refractivity contribution in [2.75, 3.05) is 7.11 Å². The molecule has 0 N–H and O–H groups in total. The van der Waals surface area contributed by atoms with Gasteiger partial charge in [-0.2, -0.15) is 5.10 Å². The molecule has 0 radical (unpaired) electrons. The van der Waals surface area contributed by atoms with Crippen LogP contribution in [0.2, 0.25) is 0 Å². The smallest absolute Gasteiger partial charge is 0.141 e. The molecule has 0 bridgehead atoms. The molecule has 2 rings (SSSR count). The van der Waals surface area contributed by atoms with Gasteiger partial charge in [0.2, 0.25) is 0 Å². The molecule has 1 aromatic heterocycles. The predicted molar refractivity (Wildman–Crippen MR) is 56.0 cm³/mol. The summed E-state index contributed by atoms with van der Waals surface area (Å²) in [5.74, 6) is 0.808. The van der Waals surface area contributed by atoms with Crippen molar-refractivity contribution in [3.05, 3.63) is 42.5 Å². The minimum Gasteiger partial charge on any atom is -0.497 e. The second-order valence-electron chi connectivity index (χ2n) is 2.86. The van der Waals surface area contributed by atoms with Crippen LogP contribution in [0, 0.1) is 0 Å². The molecule has 0 saturated carbocycles. The third kappa shape index (κ3) is 2.40. The summed E-state index contributed by atoms with van der Waals surface area (Å²) in [5, 5.41) is 11.4. The van der Waals surface area contributed by atoms with Gasteiger partial charge in [0.1, 0.15) is 18.4 Å². The molecule has 5 heteroatoms. The highest BCUT2D eigenvalue weighted by molar-refractivity contribution is 5.80. The molecule has 0 spiro atoms. The maximum Gasteiger partial charge on any atom is 0.141 e. The third-order valence-electron chi connectivity index (χ3n) is 1.84. The van der Waals surface area contributed by atoms with Crippen LogP contribution < -0.4 is 4.74 Å². The molecular weight excluding hydrogens is 192 g/mol. The van der Waals surface area contributed by atoms with Crippen molar-refractivity contribution in [3.63, 3.8) is 0 Å². The van der Waals surface area contributed by atoms with Crippen LogP contribution in [0.1, 0.15) is 5.56 Å².